The molecule has 0 amide bonds. The molecule has 0 saturated heterocycles. The summed E-state index contributed by atoms with van der Waals surface area (Å²) >= 11 is -2.54. The quantitative estimate of drug-likeness (QED) is 0.208. The number of nitrogens with zero attached hydrogens (tertiary/aromatic N) is 2. The summed E-state index contributed by atoms with van der Waals surface area (Å²) < 4.78 is 57.3. The van der Waals surface area contributed by atoms with Crippen molar-refractivity contribution >= 4 is 39.3 Å². The minimum absolute atomic E-state index is 0.0806. The highest BCUT2D eigenvalue weighted by Gasteiger charge is 2.13. The maximum absolute atomic E-state index is 11.5. The SMILES string of the molecule is CON=Nc1ccc(/C=C/C=C/c2ccc(C)cc2S(=O)(=O)O)c(OS(=O)O)c1. The Morgan fingerprint density at radius 2 is 1.72 bits per heavy atom. The van der Waals surface area contributed by atoms with Gasteiger partial charge in [-0.2, -0.15) is 12.6 Å². The summed E-state index contributed by atoms with van der Waals surface area (Å²) in [5.41, 5.74) is 1.81. The van der Waals surface area contributed by atoms with E-state index in [1.54, 1.807) is 49.4 Å². The fraction of sp³-hybridized carbons (Fsp3) is 0.111. The molecule has 154 valence electrons. The summed E-state index contributed by atoms with van der Waals surface area (Å²) in [5.74, 6) is 0.0806. The van der Waals surface area contributed by atoms with Crippen molar-refractivity contribution in [1.29, 1.82) is 0 Å². The molecule has 2 rings (SSSR count). The molecule has 29 heavy (non-hydrogen) atoms. The number of hydrogen-bond acceptors (Lipinski definition) is 7. The lowest BCUT2D eigenvalue weighted by Crippen LogP contribution is -2.01. The first-order valence-electron chi connectivity index (χ1n) is 8.01. The second kappa shape index (κ2) is 10.1. The Kier molecular flexibility index (Phi) is 7.79. The van der Waals surface area contributed by atoms with Crippen molar-refractivity contribution in [2.45, 2.75) is 11.8 Å². The highest BCUT2D eigenvalue weighted by Crippen LogP contribution is 2.27. The van der Waals surface area contributed by atoms with Gasteiger partial charge >= 0.3 is 11.4 Å². The number of benzene rings is 2. The summed E-state index contributed by atoms with van der Waals surface area (Å²) in [5, 5.41) is 7.10. The number of rotatable bonds is 8. The Balaban J connectivity index is 2.30. The van der Waals surface area contributed by atoms with E-state index in [9.17, 15) is 17.2 Å². The van der Waals surface area contributed by atoms with Crippen molar-refractivity contribution in [3.05, 3.63) is 65.2 Å². The van der Waals surface area contributed by atoms with Crippen molar-refractivity contribution in [3.63, 3.8) is 0 Å². The number of hydrogen-bond donors (Lipinski definition) is 2. The Morgan fingerprint density at radius 3 is 2.34 bits per heavy atom. The highest BCUT2D eigenvalue weighted by atomic mass is 32.2. The molecule has 0 aliphatic carbocycles. The van der Waals surface area contributed by atoms with Gasteiger partial charge in [0.2, 0.25) is 0 Å². The van der Waals surface area contributed by atoms with E-state index in [0.717, 1.165) is 0 Å². The van der Waals surface area contributed by atoms with Gasteiger partial charge < -0.3 is 9.02 Å². The normalized spacial score (nSPS) is 13.4. The van der Waals surface area contributed by atoms with Gasteiger partial charge in [-0.3, -0.25) is 9.11 Å². The Bertz CT molecular complexity index is 1090. The standard InChI is InChI=1S/C18H18N2O7S2/c1-13-7-8-15(18(11-13)29(23,24)25)6-4-3-5-14-9-10-16(19-20-26-2)12-17(14)27-28(21)22/h3-12H,1-2H3,(H,21,22)(H,23,24,25)/b5-3+,6-4+,20-19?. The fourth-order valence-electron chi connectivity index (χ4n) is 2.28. The minimum Gasteiger partial charge on any atom is -0.383 e. The van der Waals surface area contributed by atoms with Crippen LogP contribution in [0.1, 0.15) is 16.7 Å². The molecule has 0 radical (unpaired) electrons. The predicted molar refractivity (Wildman–Crippen MR) is 108 cm³/mol. The third-order valence-corrected chi connectivity index (χ3v) is 4.74. The Hall–Kier alpha value is -2.86. The molecule has 2 N–H and O–H groups in total. The largest absolute Gasteiger partial charge is 0.383 e. The molecule has 0 heterocycles. The lowest BCUT2D eigenvalue weighted by molar-refractivity contribution is 0.190. The molecule has 2 aromatic carbocycles. The fourth-order valence-corrected chi connectivity index (χ4v) is 3.35. The van der Waals surface area contributed by atoms with Crippen LogP contribution in [0.3, 0.4) is 0 Å². The molecular weight excluding hydrogens is 420 g/mol. The first kappa shape index (κ1) is 22.4. The lowest BCUT2D eigenvalue weighted by atomic mass is 10.1. The summed E-state index contributed by atoms with van der Waals surface area (Å²) in [6.07, 6.45) is 6.21. The minimum atomic E-state index is -4.36. The molecule has 2 aromatic rings. The smallest absolute Gasteiger partial charge is 0.357 e. The van der Waals surface area contributed by atoms with Gasteiger partial charge in [0, 0.05) is 16.9 Å². The predicted octanol–water partition coefficient (Wildman–Crippen LogP) is 4.13. The van der Waals surface area contributed by atoms with Gasteiger partial charge in [0.25, 0.3) is 10.1 Å². The summed E-state index contributed by atoms with van der Waals surface area (Å²) in [6.45, 7) is 1.71. The first-order valence-corrected chi connectivity index (χ1v) is 10.5. The van der Waals surface area contributed by atoms with Crippen LogP contribution in [0.15, 0.2) is 63.8 Å². The van der Waals surface area contributed by atoms with E-state index in [-0.39, 0.29) is 10.6 Å². The molecule has 11 heteroatoms. The first-order chi connectivity index (χ1) is 13.7. The molecule has 9 nitrogen and oxygen atoms in total. The topological polar surface area (TPSA) is 135 Å². The van der Waals surface area contributed by atoms with Gasteiger partial charge in [-0.15, -0.1) is 5.11 Å². The van der Waals surface area contributed by atoms with Gasteiger partial charge in [0.05, 0.1) is 5.69 Å². The highest BCUT2D eigenvalue weighted by molar-refractivity contribution is 7.86. The van der Waals surface area contributed by atoms with Crippen molar-refractivity contribution in [2.75, 3.05) is 7.11 Å². The van der Waals surface area contributed by atoms with Crippen LogP contribution in [0.4, 0.5) is 5.69 Å². The van der Waals surface area contributed by atoms with E-state index in [1.807, 2.05) is 0 Å². The molecule has 0 saturated carbocycles. The van der Waals surface area contributed by atoms with Crippen LogP contribution in [-0.2, 0) is 26.3 Å². The number of aryl methyl sites for hydroxylation is 1. The molecule has 1 unspecified atom stereocenters. The third-order valence-electron chi connectivity index (χ3n) is 3.51. The zero-order valence-electron chi connectivity index (χ0n) is 15.4. The van der Waals surface area contributed by atoms with Crippen LogP contribution in [0.25, 0.3) is 12.2 Å². The summed E-state index contributed by atoms with van der Waals surface area (Å²) in [4.78, 5) is 4.28. The maximum Gasteiger partial charge on any atom is 0.357 e. The van der Waals surface area contributed by atoms with Crippen LogP contribution in [-0.4, -0.2) is 28.8 Å². The molecule has 0 spiro atoms. The Morgan fingerprint density at radius 1 is 1.07 bits per heavy atom. The molecule has 0 aromatic heterocycles. The molecule has 0 aliphatic heterocycles. The van der Waals surface area contributed by atoms with E-state index in [0.29, 0.717) is 22.4 Å². The zero-order chi connectivity index (χ0) is 21.4. The van der Waals surface area contributed by atoms with Crippen molar-refractivity contribution in [1.82, 2.24) is 0 Å². The molecular formula is C18H18N2O7S2. The van der Waals surface area contributed by atoms with Crippen molar-refractivity contribution < 1.29 is 30.8 Å². The average Bonchev–Trinajstić information content (AvgIpc) is 2.64. The van der Waals surface area contributed by atoms with E-state index in [4.69, 9.17) is 8.74 Å². The van der Waals surface area contributed by atoms with E-state index in [1.165, 1.54) is 25.3 Å². The second-order valence-corrected chi connectivity index (χ2v) is 7.61. The maximum atomic E-state index is 11.5. The summed E-state index contributed by atoms with van der Waals surface area (Å²) in [6, 6.07) is 9.24. The summed E-state index contributed by atoms with van der Waals surface area (Å²) in [7, 11) is -3.04. The van der Waals surface area contributed by atoms with Gasteiger partial charge in [-0.25, -0.2) is 0 Å². The van der Waals surface area contributed by atoms with Crippen LogP contribution < -0.4 is 4.18 Å². The molecule has 1 atom stereocenters. The van der Waals surface area contributed by atoms with Gasteiger partial charge in [-0.1, -0.05) is 36.4 Å². The third kappa shape index (κ3) is 6.91. The molecule has 0 fully saturated rings. The van der Waals surface area contributed by atoms with E-state index < -0.39 is 21.5 Å². The monoisotopic (exact) mass is 438 g/mol. The van der Waals surface area contributed by atoms with E-state index >= 15 is 0 Å². The van der Waals surface area contributed by atoms with Gasteiger partial charge in [-0.05, 0) is 36.2 Å². The lowest BCUT2D eigenvalue weighted by Gasteiger charge is -2.05. The molecule has 0 bridgehead atoms. The van der Waals surface area contributed by atoms with Gasteiger partial charge in [0.1, 0.15) is 12.0 Å². The van der Waals surface area contributed by atoms with Crippen LogP contribution in [0.5, 0.6) is 5.75 Å². The Labute approximate surface area is 170 Å². The van der Waals surface area contributed by atoms with Crippen LogP contribution >= 0.6 is 0 Å². The van der Waals surface area contributed by atoms with Crippen molar-refractivity contribution in [2.24, 2.45) is 10.4 Å². The van der Waals surface area contributed by atoms with E-state index in [2.05, 4.69) is 15.2 Å². The molecule has 0 aliphatic rings. The second-order valence-electron chi connectivity index (χ2n) is 5.62. The van der Waals surface area contributed by atoms with Gasteiger partial charge in [0.15, 0.2) is 5.75 Å². The van der Waals surface area contributed by atoms with Crippen molar-refractivity contribution in [3.8, 4) is 5.75 Å². The van der Waals surface area contributed by atoms with Crippen LogP contribution in [0, 0.1) is 6.92 Å². The van der Waals surface area contributed by atoms with Crippen LogP contribution in [0.2, 0.25) is 0 Å². The average molecular weight is 438 g/mol. The zero-order valence-corrected chi connectivity index (χ0v) is 17.1. The number of allylic oxidation sites excluding steroid dienone is 2.